The largest absolute Gasteiger partial charge is 0.417 e. The molecule has 0 aliphatic heterocycles. The molecule has 0 aromatic heterocycles. The average Bonchev–Trinajstić information content (AvgIpc) is 2.46. The zero-order valence-corrected chi connectivity index (χ0v) is 11.4. The van der Waals surface area contributed by atoms with Crippen molar-refractivity contribution in [2.24, 2.45) is 0 Å². The maximum atomic E-state index is 12.8. The summed E-state index contributed by atoms with van der Waals surface area (Å²) in [4.78, 5) is 1.80. The van der Waals surface area contributed by atoms with Crippen molar-refractivity contribution in [1.29, 1.82) is 5.26 Å². The molecule has 0 saturated heterocycles. The van der Waals surface area contributed by atoms with Crippen LogP contribution in [-0.2, 0) is 12.7 Å². The Morgan fingerprint density at radius 2 is 1.76 bits per heavy atom. The fraction of sp³-hybridized carbons (Fsp3) is 0.188. The van der Waals surface area contributed by atoms with Crippen molar-refractivity contribution in [1.82, 2.24) is 0 Å². The van der Waals surface area contributed by atoms with E-state index >= 15 is 0 Å². The van der Waals surface area contributed by atoms with Gasteiger partial charge in [-0.1, -0.05) is 30.3 Å². The molecule has 2 aromatic rings. The van der Waals surface area contributed by atoms with E-state index in [1.807, 2.05) is 30.3 Å². The Bertz CT molecular complexity index is 657. The van der Waals surface area contributed by atoms with Crippen LogP contribution in [0.2, 0.25) is 0 Å². The first kappa shape index (κ1) is 14.9. The summed E-state index contributed by atoms with van der Waals surface area (Å²) in [5.41, 5.74) is 0.351. The second kappa shape index (κ2) is 5.88. The van der Waals surface area contributed by atoms with Gasteiger partial charge in [0.15, 0.2) is 0 Å². The predicted octanol–water partition coefficient (Wildman–Crippen LogP) is 4.21. The Balaban J connectivity index is 2.27. The van der Waals surface area contributed by atoms with Gasteiger partial charge in [-0.2, -0.15) is 18.4 Å². The zero-order valence-electron chi connectivity index (χ0n) is 11.4. The van der Waals surface area contributed by atoms with Crippen molar-refractivity contribution >= 4 is 5.69 Å². The summed E-state index contributed by atoms with van der Waals surface area (Å²) in [6, 6.07) is 14.8. The topological polar surface area (TPSA) is 27.0 Å². The Morgan fingerprint density at radius 1 is 1.10 bits per heavy atom. The van der Waals surface area contributed by atoms with Crippen LogP contribution >= 0.6 is 0 Å². The van der Waals surface area contributed by atoms with Crippen molar-refractivity contribution < 1.29 is 13.2 Å². The lowest BCUT2D eigenvalue weighted by molar-refractivity contribution is -0.137. The number of nitriles is 1. The Morgan fingerprint density at radius 3 is 2.33 bits per heavy atom. The van der Waals surface area contributed by atoms with Crippen LogP contribution in [-0.4, -0.2) is 7.05 Å². The first-order valence-electron chi connectivity index (χ1n) is 6.28. The molecule has 0 heterocycles. The molecule has 0 aliphatic rings. The standard InChI is InChI=1S/C16H13F3N2/c1-21(11-12-5-3-2-4-6-12)14-7-8-15(16(17,18)19)13(9-14)10-20/h2-9H,11H2,1H3. The molecule has 2 rings (SSSR count). The van der Waals surface area contributed by atoms with Crippen LogP contribution in [0.3, 0.4) is 0 Å². The Hall–Kier alpha value is -2.48. The van der Waals surface area contributed by atoms with Crippen LogP contribution in [0.15, 0.2) is 48.5 Å². The van der Waals surface area contributed by atoms with Crippen molar-refractivity contribution in [2.45, 2.75) is 12.7 Å². The van der Waals surface area contributed by atoms with Crippen LogP contribution in [0.5, 0.6) is 0 Å². The second-order valence-electron chi connectivity index (χ2n) is 4.68. The second-order valence-corrected chi connectivity index (χ2v) is 4.68. The SMILES string of the molecule is CN(Cc1ccccc1)c1ccc(C(F)(F)F)c(C#N)c1. The van der Waals surface area contributed by atoms with Gasteiger partial charge in [-0.25, -0.2) is 0 Å². The number of alkyl halides is 3. The molecule has 0 fully saturated rings. The molecule has 0 amide bonds. The highest BCUT2D eigenvalue weighted by molar-refractivity contribution is 5.55. The smallest absolute Gasteiger partial charge is 0.370 e. The van der Waals surface area contributed by atoms with Crippen molar-refractivity contribution in [3.05, 3.63) is 65.2 Å². The molecule has 5 heteroatoms. The average molecular weight is 290 g/mol. The number of benzene rings is 2. The summed E-state index contributed by atoms with van der Waals surface area (Å²) in [6.45, 7) is 0.553. The van der Waals surface area contributed by atoms with E-state index in [0.717, 1.165) is 11.6 Å². The van der Waals surface area contributed by atoms with Gasteiger partial charge in [-0.3, -0.25) is 0 Å². The molecule has 21 heavy (non-hydrogen) atoms. The maximum Gasteiger partial charge on any atom is 0.417 e. The van der Waals surface area contributed by atoms with E-state index in [4.69, 9.17) is 5.26 Å². The predicted molar refractivity (Wildman–Crippen MR) is 74.7 cm³/mol. The number of anilines is 1. The highest BCUT2D eigenvalue weighted by atomic mass is 19.4. The van der Waals surface area contributed by atoms with E-state index in [2.05, 4.69) is 0 Å². The molecule has 0 saturated carbocycles. The van der Waals surface area contributed by atoms with Crippen LogP contribution in [0, 0.1) is 11.3 Å². The zero-order chi connectivity index (χ0) is 15.5. The highest BCUT2D eigenvalue weighted by Crippen LogP contribution is 2.33. The summed E-state index contributed by atoms with van der Waals surface area (Å²) in [6.07, 6.45) is -4.51. The third-order valence-electron chi connectivity index (χ3n) is 3.13. The number of hydrogen-bond acceptors (Lipinski definition) is 2. The first-order valence-corrected chi connectivity index (χ1v) is 6.28. The minimum atomic E-state index is -4.51. The van der Waals surface area contributed by atoms with Gasteiger partial charge in [0.05, 0.1) is 17.2 Å². The Kier molecular flexibility index (Phi) is 4.18. The molecular weight excluding hydrogens is 277 g/mol. The van der Waals surface area contributed by atoms with E-state index in [0.29, 0.717) is 12.2 Å². The fourth-order valence-electron chi connectivity index (χ4n) is 2.06. The molecule has 2 aromatic carbocycles. The minimum absolute atomic E-state index is 0.361. The van der Waals surface area contributed by atoms with Crippen LogP contribution < -0.4 is 4.90 Å². The number of halogens is 3. The third kappa shape index (κ3) is 3.54. The molecule has 0 unspecified atom stereocenters. The van der Waals surface area contributed by atoms with Gasteiger partial charge >= 0.3 is 6.18 Å². The summed E-state index contributed by atoms with van der Waals surface area (Å²) in [5.74, 6) is 0. The van der Waals surface area contributed by atoms with E-state index < -0.39 is 11.7 Å². The summed E-state index contributed by atoms with van der Waals surface area (Å²) in [7, 11) is 1.77. The van der Waals surface area contributed by atoms with E-state index in [1.54, 1.807) is 18.0 Å². The summed E-state index contributed by atoms with van der Waals surface area (Å²) in [5, 5.41) is 8.91. The molecule has 0 atom stereocenters. The van der Waals surface area contributed by atoms with E-state index in [-0.39, 0.29) is 5.56 Å². The number of hydrogen-bond donors (Lipinski definition) is 0. The summed E-state index contributed by atoms with van der Waals surface area (Å²) >= 11 is 0. The fourth-order valence-corrected chi connectivity index (χ4v) is 2.06. The molecule has 0 radical (unpaired) electrons. The van der Waals surface area contributed by atoms with Crippen molar-refractivity contribution in [2.75, 3.05) is 11.9 Å². The molecule has 0 aliphatic carbocycles. The molecule has 0 bridgehead atoms. The molecule has 0 N–H and O–H groups in total. The van der Waals surface area contributed by atoms with Gasteiger partial charge in [0.1, 0.15) is 0 Å². The lowest BCUT2D eigenvalue weighted by Crippen LogP contribution is -2.17. The van der Waals surface area contributed by atoms with Crippen LogP contribution in [0.4, 0.5) is 18.9 Å². The first-order chi connectivity index (χ1) is 9.91. The van der Waals surface area contributed by atoms with E-state index in [9.17, 15) is 13.2 Å². The molecule has 108 valence electrons. The summed E-state index contributed by atoms with van der Waals surface area (Å²) < 4.78 is 38.3. The third-order valence-corrected chi connectivity index (χ3v) is 3.13. The quantitative estimate of drug-likeness (QED) is 0.846. The highest BCUT2D eigenvalue weighted by Gasteiger charge is 2.33. The van der Waals surface area contributed by atoms with Crippen LogP contribution in [0.1, 0.15) is 16.7 Å². The number of rotatable bonds is 3. The lowest BCUT2D eigenvalue weighted by Gasteiger charge is -2.20. The van der Waals surface area contributed by atoms with Gasteiger partial charge < -0.3 is 4.90 Å². The molecule has 0 spiro atoms. The van der Waals surface area contributed by atoms with Gasteiger partial charge in [0, 0.05) is 19.3 Å². The minimum Gasteiger partial charge on any atom is -0.370 e. The van der Waals surface area contributed by atoms with Crippen molar-refractivity contribution in [3.8, 4) is 6.07 Å². The van der Waals surface area contributed by atoms with Gasteiger partial charge in [0.2, 0.25) is 0 Å². The number of nitrogens with zero attached hydrogens (tertiary/aromatic N) is 2. The monoisotopic (exact) mass is 290 g/mol. The maximum absolute atomic E-state index is 12.8. The van der Waals surface area contributed by atoms with Crippen molar-refractivity contribution in [3.63, 3.8) is 0 Å². The van der Waals surface area contributed by atoms with Gasteiger partial charge in [-0.05, 0) is 23.8 Å². The van der Waals surface area contributed by atoms with Crippen LogP contribution in [0.25, 0.3) is 0 Å². The van der Waals surface area contributed by atoms with Gasteiger partial charge in [0.25, 0.3) is 0 Å². The Labute approximate surface area is 121 Å². The van der Waals surface area contributed by atoms with E-state index in [1.165, 1.54) is 12.1 Å². The molecular formula is C16H13F3N2. The molecule has 2 nitrogen and oxygen atoms in total. The lowest BCUT2D eigenvalue weighted by atomic mass is 10.1. The normalized spacial score (nSPS) is 11.0. The van der Waals surface area contributed by atoms with Gasteiger partial charge in [-0.15, -0.1) is 0 Å².